The van der Waals surface area contributed by atoms with Crippen molar-refractivity contribution in [2.45, 2.75) is 0 Å². The molecule has 0 radical (unpaired) electrons. The van der Waals surface area contributed by atoms with Crippen LogP contribution in [0.1, 0.15) is 0 Å². The van der Waals surface area contributed by atoms with Gasteiger partial charge in [-0.25, -0.2) is 8.78 Å². The molecular weight excluding hydrogens is 324 g/mol. The zero-order chi connectivity index (χ0) is 17.7. The highest BCUT2D eigenvalue weighted by molar-refractivity contribution is 5.94. The van der Waals surface area contributed by atoms with E-state index in [1.165, 1.54) is 25.3 Å². The van der Waals surface area contributed by atoms with Crippen LogP contribution in [0.25, 0.3) is 0 Å². The molecule has 0 aromatic heterocycles. The summed E-state index contributed by atoms with van der Waals surface area (Å²) in [5, 5.41) is 15.6. The van der Waals surface area contributed by atoms with E-state index in [2.05, 4.69) is 10.6 Å². The highest BCUT2D eigenvalue weighted by Crippen LogP contribution is 2.28. The molecule has 0 atom stereocenters. The molecule has 0 aliphatic carbocycles. The molecule has 0 bridgehead atoms. The maximum atomic E-state index is 13.5. The van der Waals surface area contributed by atoms with Gasteiger partial charge in [0.25, 0.3) is 5.69 Å². The molecule has 1 amide bonds. The lowest BCUT2D eigenvalue weighted by atomic mass is 10.2. The Morgan fingerprint density at radius 2 is 1.96 bits per heavy atom. The Morgan fingerprint density at radius 3 is 2.62 bits per heavy atom. The summed E-state index contributed by atoms with van der Waals surface area (Å²) in [4.78, 5) is 22.0. The third-order valence-electron chi connectivity index (χ3n) is 3.04. The first-order chi connectivity index (χ1) is 11.4. The maximum absolute atomic E-state index is 13.5. The first-order valence-corrected chi connectivity index (χ1v) is 6.72. The van der Waals surface area contributed by atoms with Gasteiger partial charge in [0.15, 0.2) is 0 Å². The Bertz CT molecular complexity index is 783. The van der Waals surface area contributed by atoms with Crippen LogP contribution in [0.3, 0.4) is 0 Å². The quantitative estimate of drug-likeness (QED) is 0.624. The lowest BCUT2D eigenvalue weighted by Gasteiger charge is -2.11. The second kappa shape index (κ2) is 7.36. The highest BCUT2D eigenvalue weighted by atomic mass is 19.1. The van der Waals surface area contributed by atoms with Gasteiger partial charge in [-0.2, -0.15) is 0 Å². The van der Waals surface area contributed by atoms with E-state index in [1.807, 2.05) is 0 Å². The molecule has 9 heteroatoms. The number of benzene rings is 2. The van der Waals surface area contributed by atoms with Gasteiger partial charge < -0.3 is 15.4 Å². The van der Waals surface area contributed by atoms with Crippen molar-refractivity contribution in [1.29, 1.82) is 0 Å². The number of nitrogens with zero attached hydrogens (tertiary/aromatic N) is 1. The number of non-ortho nitro benzene ring substituents is 1. The minimum Gasteiger partial charge on any atom is -0.495 e. The Balaban J connectivity index is 2.07. The number of halogens is 2. The monoisotopic (exact) mass is 337 g/mol. The molecule has 0 spiro atoms. The molecule has 0 aliphatic rings. The van der Waals surface area contributed by atoms with Crippen LogP contribution >= 0.6 is 0 Å². The Kier molecular flexibility index (Phi) is 5.25. The molecule has 24 heavy (non-hydrogen) atoms. The number of nitro benzene ring substituents is 1. The van der Waals surface area contributed by atoms with Crippen molar-refractivity contribution in [3.8, 4) is 5.75 Å². The third-order valence-corrected chi connectivity index (χ3v) is 3.04. The van der Waals surface area contributed by atoms with Crippen molar-refractivity contribution in [2.75, 3.05) is 24.3 Å². The summed E-state index contributed by atoms with van der Waals surface area (Å²) < 4.78 is 31.5. The molecule has 0 unspecified atom stereocenters. The summed E-state index contributed by atoms with van der Waals surface area (Å²) >= 11 is 0. The van der Waals surface area contributed by atoms with Gasteiger partial charge >= 0.3 is 0 Å². The van der Waals surface area contributed by atoms with E-state index >= 15 is 0 Å². The normalized spacial score (nSPS) is 10.1. The Morgan fingerprint density at radius 1 is 1.21 bits per heavy atom. The van der Waals surface area contributed by atoms with Crippen LogP contribution in [0, 0.1) is 21.7 Å². The maximum Gasteiger partial charge on any atom is 0.271 e. The summed E-state index contributed by atoms with van der Waals surface area (Å²) in [5.74, 6) is -1.84. The van der Waals surface area contributed by atoms with E-state index in [0.717, 1.165) is 18.2 Å². The smallest absolute Gasteiger partial charge is 0.271 e. The van der Waals surface area contributed by atoms with Crippen molar-refractivity contribution >= 4 is 23.0 Å². The van der Waals surface area contributed by atoms with Crippen LogP contribution in [0.2, 0.25) is 0 Å². The zero-order valence-corrected chi connectivity index (χ0v) is 12.5. The molecule has 0 aliphatic heterocycles. The molecular formula is C15H13F2N3O4. The van der Waals surface area contributed by atoms with Crippen molar-refractivity contribution in [3.05, 3.63) is 58.1 Å². The highest BCUT2D eigenvalue weighted by Gasteiger charge is 2.13. The van der Waals surface area contributed by atoms with Gasteiger partial charge in [-0.3, -0.25) is 14.9 Å². The molecule has 2 aromatic rings. The standard InChI is InChI=1S/C15H13F2N3O4/c1-24-14-5-3-10(20(22)23)7-13(14)18-8-15(21)19-12-6-9(16)2-4-11(12)17/h2-7,18H,8H2,1H3,(H,19,21). The van der Waals surface area contributed by atoms with E-state index in [1.54, 1.807) is 0 Å². The number of anilines is 2. The summed E-state index contributed by atoms with van der Waals surface area (Å²) in [7, 11) is 1.37. The largest absolute Gasteiger partial charge is 0.495 e. The third kappa shape index (κ3) is 4.15. The Labute approximate surface area is 135 Å². The predicted molar refractivity (Wildman–Crippen MR) is 83.1 cm³/mol. The van der Waals surface area contributed by atoms with E-state index in [0.29, 0.717) is 5.75 Å². The number of carbonyl (C=O) groups is 1. The molecule has 0 saturated heterocycles. The summed E-state index contributed by atoms with van der Waals surface area (Å²) in [6.07, 6.45) is 0. The van der Waals surface area contributed by atoms with Crippen LogP contribution in [-0.4, -0.2) is 24.5 Å². The van der Waals surface area contributed by atoms with Crippen LogP contribution in [0.5, 0.6) is 5.75 Å². The fraction of sp³-hybridized carbons (Fsp3) is 0.133. The number of nitro groups is 1. The summed E-state index contributed by atoms with van der Waals surface area (Å²) in [6.45, 7) is -0.326. The summed E-state index contributed by atoms with van der Waals surface area (Å²) in [5.41, 5.74) is -0.260. The van der Waals surface area contributed by atoms with Crippen molar-refractivity contribution in [2.24, 2.45) is 0 Å². The molecule has 2 N–H and O–H groups in total. The summed E-state index contributed by atoms with van der Waals surface area (Å²) in [6, 6.07) is 6.51. The fourth-order valence-electron chi connectivity index (χ4n) is 1.91. The molecule has 2 aromatic carbocycles. The van der Waals surface area contributed by atoms with Crippen LogP contribution in [0.4, 0.5) is 25.8 Å². The van der Waals surface area contributed by atoms with E-state index in [4.69, 9.17) is 4.74 Å². The van der Waals surface area contributed by atoms with Gasteiger partial charge in [0.05, 0.1) is 30.0 Å². The van der Waals surface area contributed by atoms with E-state index in [-0.39, 0.29) is 23.6 Å². The van der Waals surface area contributed by atoms with Crippen LogP contribution < -0.4 is 15.4 Å². The SMILES string of the molecule is COc1ccc([N+](=O)[O-])cc1NCC(=O)Nc1cc(F)ccc1F. The fourth-order valence-corrected chi connectivity index (χ4v) is 1.91. The number of methoxy groups -OCH3 is 1. The number of ether oxygens (including phenoxy) is 1. The van der Waals surface area contributed by atoms with Gasteiger partial charge in [-0.05, 0) is 18.2 Å². The van der Waals surface area contributed by atoms with Gasteiger partial charge in [0, 0.05) is 18.2 Å². The van der Waals surface area contributed by atoms with E-state index in [9.17, 15) is 23.7 Å². The predicted octanol–water partition coefficient (Wildman–Crippen LogP) is 2.93. The topological polar surface area (TPSA) is 93.5 Å². The van der Waals surface area contributed by atoms with Crippen molar-refractivity contribution < 1.29 is 23.2 Å². The number of nitrogens with one attached hydrogen (secondary N) is 2. The number of amides is 1. The van der Waals surface area contributed by atoms with E-state index < -0.39 is 22.5 Å². The minimum absolute atomic E-state index is 0.185. The number of rotatable bonds is 6. The average molecular weight is 337 g/mol. The van der Waals surface area contributed by atoms with Crippen molar-refractivity contribution in [1.82, 2.24) is 0 Å². The van der Waals surface area contributed by atoms with Gasteiger partial charge in [-0.1, -0.05) is 0 Å². The number of hydrogen-bond acceptors (Lipinski definition) is 5. The second-order valence-electron chi connectivity index (χ2n) is 4.67. The number of carbonyl (C=O) groups excluding carboxylic acids is 1. The molecule has 0 fully saturated rings. The first kappa shape index (κ1) is 17.1. The number of hydrogen-bond donors (Lipinski definition) is 2. The second-order valence-corrected chi connectivity index (χ2v) is 4.67. The first-order valence-electron chi connectivity index (χ1n) is 6.72. The molecule has 2 rings (SSSR count). The van der Waals surface area contributed by atoms with Crippen LogP contribution in [-0.2, 0) is 4.79 Å². The average Bonchev–Trinajstić information content (AvgIpc) is 2.56. The van der Waals surface area contributed by atoms with Crippen molar-refractivity contribution in [3.63, 3.8) is 0 Å². The van der Waals surface area contributed by atoms with Gasteiger partial charge in [-0.15, -0.1) is 0 Å². The molecule has 0 heterocycles. The Hall–Kier alpha value is -3.23. The zero-order valence-electron chi connectivity index (χ0n) is 12.5. The molecule has 7 nitrogen and oxygen atoms in total. The van der Waals surface area contributed by atoms with Crippen LogP contribution in [0.15, 0.2) is 36.4 Å². The molecule has 0 saturated carbocycles. The lowest BCUT2D eigenvalue weighted by molar-refractivity contribution is -0.384. The van der Waals surface area contributed by atoms with Gasteiger partial charge in [0.2, 0.25) is 5.91 Å². The minimum atomic E-state index is -0.780. The lowest BCUT2D eigenvalue weighted by Crippen LogP contribution is -2.22. The molecule has 126 valence electrons. The van der Waals surface area contributed by atoms with Gasteiger partial charge in [0.1, 0.15) is 17.4 Å².